The Labute approximate surface area is 138 Å². The zero-order valence-electron chi connectivity index (χ0n) is 12.6. The lowest BCUT2D eigenvalue weighted by Crippen LogP contribution is -2.40. The summed E-state index contributed by atoms with van der Waals surface area (Å²) in [6.07, 6.45) is 3.15. The predicted octanol–water partition coefficient (Wildman–Crippen LogP) is 0.362. The highest BCUT2D eigenvalue weighted by Crippen LogP contribution is 2.21. The van der Waals surface area contributed by atoms with Crippen molar-refractivity contribution >= 4 is 33.5 Å². The van der Waals surface area contributed by atoms with Gasteiger partial charge in [-0.15, -0.1) is 11.3 Å². The van der Waals surface area contributed by atoms with E-state index in [0.29, 0.717) is 10.8 Å². The third kappa shape index (κ3) is 2.78. The number of aryl methyl sites for hydroxylation is 1. The Morgan fingerprint density at radius 2 is 2.04 bits per heavy atom. The van der Waals surface area contributed by atoms with Gasteiger partial charge < -0.3 is 10.4 Å². The second-order valence-corrected chi connectivity index (χ2v) is 5.96. The van der Waals surface area contributed by atoms with E-state index in [0.717, 1.165) is 15.9 Å². The van der Waals surface area contributed by atoms with Crippen LogP contribution in [-0.4, -0.2) is 36.7 Å². The summed E-state index contributed by atoms with van der Waals surface area (Å²) in [4.78, 5) is 44.3. The molecule has 0 aliphatic rings. The van der Waals surface area contributed by atoms with E-state index in [9.17, 15) is 14.4 Å². The number of thiophene rings is 1. The van der Waals surface area contributed by atoms with Crippen molar-refractivity contribution in [3.63, 3.8) is 0 Å². The summed E-state index contributed by atoms with van der Waals surface area (Å²) in [5.74, 6) is -0.732. The van der Waals surface area contributed by atoms with Crippen molar-refractivity contribution in [1.82, 2.24) is 19.1 Å². The molecule has 0 unspecified atom stereocenters. The first-order chi connectivity index (χ1) is 11.5. The average Bonchev–Trinajstić information content (AvgIpc) is 3.03. The van der Waals surface area contributed by atoms with Gasteiger partial charge in [0.25, 0.3) is 5.56 Å². The van der Waals surface area contributed by atoms with Crippen LogP contribution in [0.25, 0.3) is 10.2 Å². The van der Waals surface area contributed by atoms with E-state index in [-0.39, 0.29) is 23.4 Å². The molecule has 0 atom stereocenters. The van der Waals surface area contributed by atoms with Crippen molar-refractivity contribution in [1.29, 1.82) is 0 Å². The molecule has 10 heteroatoms. The standard InChI is InChI=1S/C14H13N5O4S/c1-18-11-8(7-9(24-11)12(21)22)10(20)19(14(18)23)6-5-17-13-15-3-2-4-16-13/h2-4,7H,5-6H2,1H3,(H,21,22)(H,15,16,17). The van der Waals surface area contributed by atoms with Crippen LogP contribution < -0.4 is 16.6 Å². The second-order valence-electron chi connectivity index (χ2n) is 4.93. The zero-order chi connectivity index (χ0) is 17.3. The van der Waals surface area contributed by atoms with Crippen molar-refractivity contribution in [3.8, 4) is 0 Å². The smallest absolute Gasteiger partial charge is 0.345 e. The normalized spacial score (nSPS) is 10.9. The van der Waals surface area contributed by atoms with Gasteiger partial charge in [0.2, 0.25) is 5.95 Å². The molecule has 2 N–H and O–H groups in total. The largest absolute Gasteiger partial charge is 0.477 e. The molecule has 0 saturated heterocycles. The number of aromatic carboxylic acids is 1. The molecule has 3 rings (SSSR count). The molecule has 0 aromatic carbocycles. The molecule has 3 aromatic heterocycles. The summed E-state index contributed by atoms with van der Waals surface area (Å²) in [5.41, 5.74) is -1.00. The van der Waals surface area contributed by atoms with E-state index in [1.54, 1.807) is 18.5 Å². The van der Waals surface area contributed by atoms with Gasteiger partial charge in [-0.25, -0.2) is 19.6 Å². The van der Waals surface area contributed by atoms with Gasteiger partial charge in [-0.2, -0.15) is 0 Å². The Morgan fingerprint density at radius 1 is 1.33 bits per heavy atom. The number of carboxylic acid groups (broad SMARTS) is 1. The topological polar surface area (TPSA) is 119 Å². The molecule has 9 nitrogen and oxygen atoms in total. The summed E-state index contributed by atoms with van der Waals surface area (Å²) < 4.78 is 2.35. The van der Waals surface area contributed by atoms with Gasteiger partial charge in [-0.3, -0.25) is 13.9 Å². The SMILES string of the molecule is Cn1c(=O)n(CCNc2ncccn2)c(=O)c2cc(C(=O)O)sc21. The Morgan fingerprint density at radius 3 is 2.71 bits per heavy atom. The number of hydrogen-bond acceptors (Lipinski definition) is 7. The van der Waals surface area contributed by atoms with Crippen LogP contribution >= 0.6 is 11.3 Å². The van der Waals surface area contributed by atoms with E-state index in [1.807, 2.05) is 0 Å². The third-order valence-corrected chi connectivity index (χ3v) is 4.61. The molecule has 0 radical (unpaired) electrons. The first-order valence-corrected chi connectivity index (χ1v) is 7.78. The molecule has 0 aliphatic carbocycles. The highest BCUT2D eigenvalue weighted by Gasteiger charge is 2.17. The van der Waals surface area contributed by atoms with E-state index >= 15 is 0 Å². The molecule has 3 aromatic rings. The van der Waals surface area contributed by atoms with E-state index in [1.165, 1.54) is 17.7 Å². The van der Waals surface area contributed by atoms with Gasteiger partial charge in [0.1, 0.15) is 9.71 Å². The number of carbonyl (C=O) groups is 1. The van der Waals surface area contributed by atoms with Gasteiger partial charge in [-0.1, -0.05) is 0 Å². The molecule has 0 spiro atoms. The zero-order valence-corrected chi connectivity index (χ0v) is 13.4. The molecule has 0 bridgehead atoms. The minimum absolute atomic E-state index is 0.0191. The van der Waals surface area contributed by atoms with Crippen molar-refractivity contribution in [2.24, 2.45) is 7.05 Å². The van der Waals surface area contributed by atoms with Crippen LogP contribution in [-0.2, 0) is 13.6 Å². The molecular weight excluding hydrogens is 334 g/mol. The lowest BCUT2D eigenvalue weighted by Gasteiger charge is -2.09. The van der Waals surface area contributed by atoms with Gasteiger partial charge in [0, 0.05) is 32.5 Å². The lowest BCUT2D eigenvalue weighted by molar-refractivity contribution is 0.0702. The molecule has 0 fully saturated rings. The van der Waals surface area contributed by atoms with Gasteiger partial charge in [0.05, 0.1) is 5.39 Å². The number of carboxylic acids is 1. The Bertz CT molecular complexity index is 1020. The van der Waals surface area contributed by atoms with Crippen LogP contribution in [0.4, 0.5) is 5.95 Å². The maximum Gasteiger partial charge on any atom is 0.345 e. The summed E-state index contributed by atoms with van der Waals surface area (Å²) in [7, 11) is 1.51. The molecule has 124 valence electrons. The van der Waals surface area contributed by atoms with Crippen LogP contribution in [0, 0.1) is 0 Å². The van der Waals surface area contributed by atoms with Gasteiger partial charge in [-0.05, 0) is 12.1 Å². The number of hydrogen-bond donors (Lipinski definition) is 2. The maximum absolute atomic E-state index is 12.5. The molecule has 0 saturated carbocycles. The van der Waals surface area contributed by atoms with Crippen molar-refractivity contribution in [2.75, 3.05) is 11.9 Å². The van der Waals surface area contributed by atoms with E-state index < -0.39 is 17.2 Å². The molecule has 0 aliphatic heterocycles. The summed E-state index contributed by atoms with van der Waals surface area (Å²) in [6, 6.07) is 2.98. The van der Waals surface area contributed by atoms with Crippen LogP contribution in [0.5, 0.6) is 0 Å². The van der Waals surface area contributed by atoms with Crippen LogP contribution in [0.3, 0.4) is 0 Å². The highest BCUT2D eigenvalue weighted by molar-refractivity contribution is 7.20. The number of fused-ring (bicyclic) bond motifs is 1. The molecule has 24 heavy (non-hydrogen) atoms. The van der Waals surface area contributed by atoms with Crippen LogP contribution in [0.1, 0.15) is 9.67 Å². The first kappa shape index (κ1) is 15.9. The van der Waals surface area contributed by atoms with Crippen LogP contribution in [0.15, 0.2) is 34.1 Å². The second kappa shape index (κ2) is 6.24. The number of nitrogens with one attached hydrogen (secondary N) is 1. The maximum atomic E-state index is 12.5. The highest BCUT2D eigenvalue weighted by atomic mass is 32.1. The third-order valence-electron chi connectivity index (χ3n) is 3.41. The quantitative estimate of drug-likeness (QED) is 0.684. The monoisotopic (exact) mass is 347 g/mol. The van der Waals surface area contributed by atoms with E-state index in [4.69, 9.17) is 5.11 Å². The fourth-order valence-corrected chi connectivity index (χ4v) is 3.20. The Hall–Kier alpha value is -3.01. The number of anilines is 1. The fourth-order valence-electron chi connectivity index (χ4n) is 2.26. The fraction of sp³-hybridized carbons (Fsp3) is 0.214. The van der Waals surface area contributed by atoms with Crippen molar-refractivity contribution in [3.05, 3.63) is 50.2 Å². The Kier molecular flexibility index (Phi) is 4.13. The lowest BCUT2D eigenvalue weighted by atomic mass is 10.3. The summed E-state index contributed by atoms with van der Waals surface area (Å²) in [6.45, 7) is 0.387. The summed E-state index contributed by atoms with van der Waals surface area (Å²) in [5, 5.41) is 12.2. The predicted molar refractivity (Wildman–Crippen MR) is 88.8 cm³/mol. The molecule has 0 amide bonds. The van der Waals surface area contributed by atoms with Crippen molar-refractivity contribution in [2.45, 2.75) is 6.54 Å². The van der Waals surface area contributed by atoms with Gasteiger partial charge in [0.15, 0.2) is 0 Å². The summed E-state index contributed by atoms with van der Waals surface area (Å²) >= 11 is 0.904. The van der Waals surface area contributed by atoms with E-state index in [2.05, 4.69) is 15.3 Å². The number of nitrogens with zero attached hydrogens (tertiary/aromatic N) is 4. The number of aromatic nitrogens is 4. The first-order valence-electron chi connectivity index (χ1n) is 6.96. The van der Waals surface area contributed by atoms with Crippen LogP contribution in [0.2, 0.25) is 0 Å². The molecule has 3 heterocycles. The number of rotatable bonds is 5. The molecular formula is C14H13N5O4S. The minimum atomic E-state index is -1.13. The minimum Gasteiger partial charge on any atom is -0.477 e. The Balaban J connectivity index is 1.94. The van der Waals surface area contributed by atoms with Crippen molar-refractivity contribution < 1.29 is 9.90 Å². The average molecular weight is 347 g/mol. The van der Waals surface area contributed by atoms with Gasteiger partial charge >= 0.3 is 11.7 Å².